The maximum Gasteiger partial charge on any atom is 2.00 e. The predicted molar refractivity (Wildman–Crippen MR) is 297 cm³/mol. The molecule has 0 radical (unpaired) electrons. The van der Waals surface area contributed by atoms with Crippen molar-refractivity contribution in [1.29, 1.82) is 0 Å². The fourth-order valence-corrected chi connectivity index (χ4v) is 10.9. The number of thioether (sulfide) groups is 1. The minimum Gasteiger partial charge on any atom is -0.354 e. The summed E-state index contributed by atoms with van der Waals surface area (Å²) in [6, 6.07) is 53.3. The molecule has 9 aromatic rings. The first-order valence-corrected chi connectivity index (χ1v) is 24.7. The van der Waals surface area contributed by atoms with Gasteiger partial charge < -0.3 is 15.3 Å². The van der Waals surface area contributed by atoms with Gasteiger partial charge in [0, 0.05) is 55.8 Å². The smallest absolute Gasteiger partial charge is 0.354 e. The molecule has 0 spiro atoms. The molecule has 9 heteroatoms. The second-order valence-electron chi connectivity index (χ2n) is 18.2. The number of hydrogen-bond acceptors (Lipinski definition) is 4. The van der Waals surface area contributed by atoms with Crippen LogP contribution in [0.5, 0.6) is 0 Å². The number of nitrogens with zero attached hydrogens (tertiary/aromatic N) is 2. The quantitative estimate of drug-likeness (QED) is 0.0843. The average molecular weight is 1050 g/mol. The number of amides is 1. The van der Waals surface area contributed by atoms with Crippen LogP contribution in [0.3, 0.4) is 0 Å². The van der Waals surface area contributed by atoms with Gasteiger partial charge in [-0.3, -0.25) is 4.79 Å². The van der Waals surface area contributed by atoms with Crippen LogP contribution in [0.1, 0.15) is 63.1 Å². The normalized spacial score (nSPS) is 11.4. The van der Waals surface area contributed by atoms with Gasteiger partial charge in [-0.15, -0.1) is 29.8 Å². The van der Waals surface area contributed by atoms with E-state index in [1.807, 2.05) is 49.4 Å². The van der Waals surface area contributed by atoms with Crippen LogP contribution in [0.4, 0.5) is 4.79 Å². The molecule has 2 aliphatic rings. The van der Waals surface area contributed by atoms with Gasteiger partial charge in [-0.1, -0.05) is 65.2 Å². The number of aromatic amines is 2. The number of fused-ring (bicyclic) bond motifs is 8. The van der Waals surface area contributed by atoms with E-state index in [1.54, 1.807) is 0 Å². The molecule has 8 bridgehead atoms. The summed E-state index contributed by atoms with van der Waals surface area (Å²) in [6.45, 7) is 15.6. The second-order valence-corrected chi connectivity index (χ2v) is 19.3. The van der Waals surface area contributed by atoms with Crippen LogP contribution in [0.2, 0.25) is 0 Å². The monoisotopic (exact) mass is 1050 g/mol. The number of carbonyl (C=O) groups excluding carboxylic acids is 1. The van der Waals surface area contributed by atoms with Crippen molar-refractivity contribution < 1.29 is 41.3 Å². The molecule has 0 atom stereocenters. The molecular formula is C63H55FeN5OSZn+2. The summed E-state index contributed by atoms with van der Waals surface area (Å²) >= 11 is 1.20. The maximum absolute atomic E-state index is 12.6. The molecule has 11 rings (SSSR count). The molecular weight excluding hydrogens is 996 g/mol. The van der Waals surface area contributed by atoms with Gasteiger partial charge in [0.05, 0.1) is 22.8 Å². The third-order valence-corrected chi connectivity index (χ3v) is 13.8. The molecule has 352 valence electrons. The van der Waals surface area contributed by atoms with Gasteiger partial charge in [-0.25, -0.2) is 22.1 Å². The Morgan fingerprint density at radius 2 is 0.931 bits per heavy atom. The van der Waals surface area contributed by atoms with Crippen LogP contribution in [0.25, 0.3) is 102 Å². The fraction of sp³-hybridized carbons (Fsp3) is 0.127. The molecule has 3 aromatic heterocycles. The topological polar surface area (TPSA) is 86.5 Å². The van der Waals surface area contributed by atoms with Crippen LogP contribution < -0.4 is 5.32 Å². The van der Waals surface area contributed by atoms with E-state index in [0.29, 0.717) is 6.54 Å². The summed E-state index contributed by atoms with van der Waals surface area (Å²) in [7, 11) is 0. The average Bonchev–Trinajstić information content (AvgIpc) is 4.20. The molecule has 6 nitrogen and oxygen atoms in total. The van der Waals surface area contributed by atoms with E-state index in [1.165, 1.54) is 56.3 Å². The van der Waals surface area contributed by atoms with Crippen molar-refractivity contribution in [1.82, 2.24) is 25.3 Å². The largest absolute Gasteiger partial charge is 2.00 e. The van der Waals surface area contributed by atoms with Crippen molar-refractivity contribution in [2.24, 2.45) is 0 Å². The molecule has 0 fully saturated rings. The third kappa shape index (κ3) is 10.5. The molecule has 0 saturated carbocycles. The molecule has 3 N–H and O–H groups in total. The zero-order valence-electron chi connectivity index (χ0n) is 41.7. The van der Waals surface area contributed by atoms with E-state index in [2.05, 4.69) is 190 Å². The predicted octanol–water partition coefficient (Wildman–Crippen LogP) is 16.8. The van der Waals surface area contributed by atoms with Gasteiger partial charge in [-0.05, 0) is 165 Å². The van der Waals surface area contributed by atoms with Crippen molar-refractivity contribution in [2.45, 2.75) is 53.4 Å². The Morgan fingerprint density at radius 3 is 1.32 bits per heavy atom. The second kappa shape index (κ2) is 22.3. The molecule has 2 aliphatic heterocycles. The van der Waals surface area contributed by atoms with Gasteiger partial charge in [0.15, 0.2) is 0 Å². The Labute approximate surface area is 450 Å². The summed E-state index contributed by atoms with van der Waals surface area (Å²) in [5.74, 6) is 0. The van der Waals surface area contributed by atoms with Gasteiger partial charge in [0.1, 0.15) is 0 Å². The summed E-state index contributed by atoms with van der Waals surface area (Å²) in [6.07, 6.45) is 8.62. The number of hydrogen-bond donors (Lipinski definition) is 3. The number of aryl methyl sites for hydroxylation is 6. The van der Waals surface area contributed by atoms with Crippen LogP contribution in [-0.2, 0) is 36.5 Å². The first-order valence-electron chi connectivity index (χ1n) is 23.9. The maximum atomic E-state index is 12.6. The van der Waals surface area contributed by atoms with Gasteiger partial charge in [0.2, 0.25) is 0 Å². The molecule has 0 unspecified atom stereocenters. The van der Waals surface area contributed by atoms with Crippen molar-refractivity contribution in [3.05, 3.63) is 208 Å². The molecule has 5 heterocycles. The molecule has 72 heavy (non-hydrogen) atoms. The van der Waals surface area contributed by atoms with Crippen molar-refractivity contribution in [2.75, 3.05) is 6.54 Å². The van der Waals surface area contributed by atoms with Crippen LogP contribution in [0.15, 0.2) is 157 Å². The third-order valence-electron chi connectivity index (χ3n) is 13.0. The number of nitrogens with one attached hydrogen (secondary N) is 3. The van der Waals surface area contributed by atoms with Crippen molar-refractivity contribution in [3.8, 4) is 55.6 Å². The van der Waals surface area contributed by atoms with Gasteiger partial charge >= 0.3 is 36.5 Å². The number of benzene rings is 4. The fourth-order valence-electron chi connectivity index (χ4n) is 10.2. The van der Waals surface area contributed by atoms with Crippen LogP contribution in [0, 0.1) is 41.5 Å². The van der Waals surface area contributed by atoms with Crippen LogP contribution >= 0.6 is 11.8 Å². The summed E-state index contributed by atoms with van der Waals surface area (Å²) in [5, 5.41) is 2.82. The van der Waals surface area contributed by atoms with E-state index in [-0.39, 0.29) is 41.8 Å². The number of aromatic nitrogens is 4. The van der Waals surface area contributed by atoms with Gasteiger partial charge in [0.25, 0.3) is 5.24 Å². The number of H-pyrrole nitrogens is 2. The number of rotatable bonds is 7. The standard InChI is InChI=1S/C58H50N5OS.C5H5.Fe.Zn/c1-8-59-58(64)65-43-19-17-42(18-20-43)55-46-23-27-50(62-46)56(52-35(4)29-33(2)30-36(52)5)48-25-21-44(60-48)54(41-15-13-40(14-16-41)39-11-9-10-12-39)45-22-26-49(61-45)57(51-28-24-47(55)63-51)53-37(6)31-34(3)32-38(53)7;1-2-4-5-3-1;;/h9-32,60,63H,8H2,1-7H3,(H,59,64);1-5H;;/q2*-1;2*+2. The summed E-state index contributed by atoms with van der Waals surface area (Å²) in [4.78, 5) is 32.4. The van der Waals surface area contributed by atoms with E-state index in [9.17, 15) is 4.79 Å². The summed E-state index contributed by atoms with van der Waals surface area (Å²) < 4.78 is 0. The van der Waals surface area contributed by atoms with Gasteiger partial charge in [-0.2, -0.15) is 30.3 Å². The van der Waals surface area contributed by atoms with Crippen molar-refractivity contribution >= 4 is 63.4 Å². The zero-order valence-corrected chi connectivity index (χ0v) is 46.6. The zero-order chi connectivity index (χ0) is 48.5. The van der Waals surface area contributed by atoms with Crippen molar-refractivity contribution in [3.63, 3.8) is 0 Å². The molecule has 0 saturated heterocycles. The van der Waals surface area contributed by atoms with E-state index in [0.717, 1.165) is 94.2 Å². The SMILES string of the molecule is CCNC(=O)Sc1ccc(-c2c3nc(c(-c4c(C)cc(C)cc4C)c4ccc([nH]4)c(-c4ccc(-[c-]5cccc5)cc4)c4nc(c(-c5c(C)cc(C)cc5C)c5ccc2[nH]5)C=C4)C=C3)cc1.[Fe+2].[Zn+2].c1cc[cH-]c1. The Bertz CT molecular complexity index is 3540. The van der Waals surface area contributed by atoms with Crippen LogP contribution in [-0.4, -0.2) is 31.7 Å². The first-order chi connectivity index (χ1) is 34.0. The summed E-state index contributed by atoms with van der Waals surface area (Å²) in [5.41, 5.74) is 25.3. The minimum absolute atomic E-state index is 0. The Morgan fingerprint density at radius 1 is 0.542 bits per heavy atom. The Hall–Kier alpha value is -6.86. The molecule has 1 amide bonds. The molecule has 6 aromatic carbocycles. The number of carbonyl (C=O) groups is 1. The van der Waals surface area contributed by atoms with E-state index in [4.69, 9.17) is 9.97 Å². The van der Waals surface area contributed by atoms with E-state index >= 15 is 0 Å². The first kappa shape index (κ1) is 51.5. The Kier molecular flexibility index (Phi) is 15.9. The van der Waals surface area contributed by atoms with E-state index < -0.39 is 0 Å². The Balaban J connectivity index is 0.000000934. The molecule has 0 aliphatic carbocycles. The minimum atomic E-state index is -0.0726.